The number of rotatable bonds is 4. The molecule has 0 saturated carbocycles. The van der Waals surface area contributed by atoms with Gasteiger partial charge in [0.1, 0.15) is 11.6 Å². The minimum atomic E-state index is -0.316. The van der Waals surface area contributed by atoms with Crippen LogP contribution in [0.25, 0.3) is 0 Å². The van der Waals surface area contributed by atoms with Crippen molar-refractivity contribution in [2.75, 3.05) is 12.0 Å². The second-order valence-electron chi connectivity index (χ2n) is 6.56. The summed E-state index contributed by atoms with van der Waals surface area (Å²) in [5, 5.41) is 0. The molecule has 0 aliphatic carbocycles. The van der Waals surface area contributed by atoms with Gasteiger partial charge in [-0.2, -0.15) is 0 Å². The first-order valence-electron chi connectivity index (χ1n) is 9.00. The molecule has 4 rings (SSSR count). The van der Waals surface area contributed by atoms with Crippen molar-refractivity contribution in [3.63, 3.8) is 0 Å². The highest BCUT2D eigenvalue weighted by Crippen LogP contribution is 2.34. The fourth-order valence-corrected chi connectivity index (χ4v) is 3.29. The van der Waals surface area contributed by atoms with Crippen LogP contribution in [0.15, 0.2) is 77.8 Å². The molecule has 0 aromatic heterocycles. The van der Waals surface area contributed by atoms with Crippen molar-refractivity contribution in [2.45, 2.75) is 13.0 Å². The van der Waals surface area contributed by atoms with E-state index in [0.717, 1.165) is 28.3 Å². The summed E-state index contributed by atoms with van der Waals surface area (Å²) in [5.74, 6) is 0.351. The number of hydrogen-bond acceptors (Lipinski definition) is 3. The fraction of sp³-hybridized carbons (Fsp3) is 0.130. The van der Waals surface area contributed by atoms with E-state index < -0.39 is 0 Å². The maximum Gasteiger partial charge on any atom is 0.233 e. The summed E-state index contributed by atoms with van der Waals surface area (Å²) in [7, 11) is 1.61. The molecule has 0 atom stereocenters. The van der Waals surface area contributed by atoms with Crippen molar-refractivity contribution in [1.82, 2.24) is 0 Å². The highest BCUT2D eigenvalue weighted by atomic mass is 19.1. The Hall–Kier alpha value is -3.47. The van der Waals surface area contributed by atoms with Crippen LogP contribution in [-0.4, -0.2) is 18.7 Å². The largest absolute Gasteiger partial charge is 0.497 e. The number of benzene rings is 3. The summed E-state index contributed by atoms with van der Waals surface area (Å²) >= 11 is 0. The van der Waals surface area contributed by atoms with Crippen LogP contribution in [0, 0.1) is 5.82 Å². The lowest BCUT2D eigenvalue weighted by Crippen LogP contribution is -2.31. The number of nitrogens with zero attached hydrogens (tertiary/aromatic N) is 2. The van der Waals surface area contributed by atoms with Gasteiger partial charge >= 0.3 is 0 Å². The third-order valence-corrected chi connectivity index (χ3v) is 4.70. The Morgan fingerprint density at radius 1 is 1.04 bits per heavy atom. The smallest absolute Gasteiger partial charge is 0.233 e. The average Bonchev–Trinajstić information content (AvgIpc) is 2.85. The van der Waals surface area contributed by atoms with Crippen molar-refractivity contribution in [3.8, 4) is 5.75 Å². The number of amides is 1. The van der Waals surface area contributed by atoms with Gasteiger partial charge in [-0.3, -0.25) is 9.79 Å². The van der Waals surface area contributed by atoms with Crippen LogP contribution < -0.4 is 9.64 Å². The van der Waals surface area contributed by atoms with Gasteiger partial charge in [0.15, 0.2) is 0 Å². The van der Waals surface area contributed by atoms with Crippen molar-refractivity contribution < 1.29 is 13.9 Å². The maximum atomic E-state index is 13.6. The number of fused-ring (bicyclic) bond motifs is 1. The molecule has 4 nitrogen and oxygen atoms in total. The van der Waals surface area contributed by atoms with Crippen LogP contribution in [-0.2, 0) is 11.3 Å². The number of carbonyl (C=O) groups is 1. The Balaban J connectivity index is 1.71. The van der Waals surface area contributed by atoms with Gasteiger partial charge in [-0.15, -0.1) is 0 Å². The predicted octanol–water partition coefficient (Wildman–Crippen LogP) is 4.89. The number of anilines is 1. The number of aliphatic imine (C=N–C) groups is 1. The maximum absolute atomic E-state index is 13.6. The average molecular weight is 374 g/mol. The predicted molar refractivity (Wildman–Crippen MR) is 108 cm³/mol. The van der Waals surface area contributed by atoms with E-state index in [-0.39, 0.29) is 18.1 Å². The molecule has 1 aliphatic rings. The van der Waals surface area contributed by atoms with Crippen LogP contribution in [0.4, 0.5) is 15.8 Å². The molecular weight excluding hydrogens is 355 g/mol. The van der Waals surface area contributed by atoms with Crippen LogP contribution >= 0.6 is 0 Å². The molecule has 3 aromatic carbocycles. The molecule has 1 amide bonds. The zero-order chi connectivity index (χ0) is 19.5. The van der Waals surface area contributed by atoms with E-state index in [1.165, 1.54) is 12.1 Å². The van der Waals surface area contributed by atoms with Crippen LogP contribution in [0.2, 0.25) is 0 Å². The number of para-hydroxylation sites is 2. The van der Waals surface area contributed by atoms with Gasteiger partial charge in [-0.25, -0.2) is 4.39 Å². The van der Waals surface area contributed by atoms with E-state index >= 15 is 0 Å². The van der Waals surface area contributed by atoms with Crippen molar-refractivity contribution in [1.29, 1.82) is 0 Å². The van der Waals surface area contributed by atoms with Crippen LogP contribution in [0.3, 0.4) is 0 Å². The summed E-state index contributed by atoms with van der Waals surface area (Å²) in [6.07, 6.45) is 0.163. The standard InChI is InChI=1S/C23H19FN2O2/c1-28-19-11-9-17(10-12-19)21-14-23(27)26(15-16-5-4-6-18(24)13-16)22-8-3-2-7-20(22)25-21/h2-13H,14-15H2,1H3. The topological polar surface area (TPSA) is 41.9 Å². The number of carbonyl (C=O) groups excluding carboxylic acids is 1. The molecule has 0 saturated heterocycles. The molecule has 28 heavy (non-hydrogen) atoms. The number of methoxy groups -OCH3 is 1. The third-order valence-electron chi connectivity index (χ3n) is 4.70. The number of hydrogen-bond donors (Lipinski definition) is 0. The van der Waals surface area contributed by atoms with Crippen molar-refractivity contribution in [3.05, 3.63) is 89.7 Å². The first-order chi connectivity index (χ1) is 13.6. The highest BCUT2D eigenvalue weighted by molar-refractivity contribution is 6.17. The second kappa shape index (κ2) is 7.64. The zero-order valence-electron chi connectivity index (χ0n) is 15.4. The molecule has 0 radical (unpaired) electrons. The molecule has 1 heterocycles. The molecule has 0 unspecified atom stereocenters. The number of ether oxygens (including phenoxy) is 1. The highest BCUT2D eigenvalue weighted by Gasteiger charge is 2.25. The third kappa shape index (κ3) is 3.64. The minimum Gasteiger partial charge on any atom is -0.497 e. The first kappa shape index (κ1) is 17.9. The van der Waals surface area contributed by atoms with E-state index in [2.05, 4.69) is 0 Å². The molecular formula is C23H19FN2O2. The van der Waals surface area contributed by atoms with E-state index in [1.54, 1.807) is 18.1 Å². The Morgan fingerprint density at radius 3 is 2.57 bits per heavy atom. The van der Waals surface area contributed by atoms with Gasteiger partial charge in [0.25, 0.3) is 0 Å². The number of halogens is 1. The lowest BCUT2D eigenvalue weighted by molar-refractivity contribution is -0.117. The van der Waals surface area contributed by atoms with Crippen molar-refractivity contribution in [2.24, 2.45) is 4.99 Å². The van der Waals surface area contributed by atoms with E-state index in [4.69, 9.17) is 9.73 Å². The Labute approximate surface area is 162 Å². The Kier molecular flexibility index (Phi) is 4.89. The first-order valence-corrected chi connectivity index (χ1v) is 9.00. The summed E-state index contributed by atoms with van der Waals surface area (Å²) in [6, 6.07) is 21.3. The van der Waals surface area contributed by atoms with Crippen molar-refractivity contribution >= 4 is 23.0 Å². The molecule has 0 bridgehead atoms. The van der Waals surface area contributed by atoms with Gasteiger partial charge in [-0.1, -0.05) is 24.3 Å². The van der Waals surface area contributed by atoms with Gasteiger partial charge in [0, 0.05) is 0 Å². The quantitative estimate of drug-likeness (QED) is 0.652. The van der Waals surface area contributed by atoms with Gasteiger partial charge in [-0.05, 0) is 59.7 Å². The summed E-state index contributed by atoms with van der Waals surface area (Å²) in [4.78, 5) is 19.5. The monoisotopic (exact) mass is 374 g/mol. The van der Waals surface area contributed by atoms with Gasteiger partial charge < -0.3 is 9.64 Å². The molecule has 0 fully saturated rings. The van der Waals surface area contributed by atoms with Gasteiger partial charge in [0.05, 0.1) is 37.2 Å². The zero-order valence-corrected chi connectivity index (χ0v) is 15.4. The van der Waals surface area contributed by atoms with E-state index in [9.17, 15) is 9.18 Å². The fourth-order valence-electron chi connectivity index (χ4n) is 3.29. The lowest BCUT2D eigenvalue weighted by Gasteiger charge is -2.22. The van der Waals surface area contributed by atoms with E-state index in [0.29, 0.717) is 12.3 Å². The van der Waals surface area contributed by atoms with E-state index in [1.807, 2.05) is 54.6 Å². The lowest BCUT2D eigenvalue weighted by atomic mass is 10.1. The molecule has 1 aliphatic heterocycles. The summed E-state index contributed by atoms with van der Waals surface area (Å²) < 4.78 is 18.8. The second-order valence-corrected chi connectivity index (χ2v) is 6.56. The summed E-state index contributed by atoms with van der Waals surface area (Å²) in [5.41, 5.74) is 3.74. The molecule has 0 spiro atoms. The molecule has 3 aromatic rings. The normalized spacial score (nSPS) is 13.6. The molecule has 0 N–H and O–H groups in total. The Morgan fingerprint density at radius 2 is 1.82 bits per heavy atom. The summed E-state index contributed by atoms with van der Waals surface area (Å²) in [6.45, 7) is 0.291. The van der Waals surface area contributed by atoms with Crippen LogP contribution in [0.5, 0.6) is 5.75 Å². The molecule has 5 heteroatoms. The minimum absolute atomic E-state index is 0.0798. The van der Waals surface area contributed by atoms with Gasteiger partial charge in [0.2, 0.25) is 5.91 Å². The molecule has 140 valence electrons. The SMILES string of the molecule is COc1ccc(C2=Nc3ccccc3N(Cc3cccc(F)c3)C(=O)C2)cc1. The Bertz CT molecular complexity index is 1040. The van der Waals surface area contributed by atoms with Crippen LogP contribution in [0.1, 0.15) is 17.5 Å².